The molecule has 1 fully saturated rings. The predicted molar refractivity (Wildman–Crippen MR) is 97.2 cm³/mol. The van der Waals surface area contributed by atoms with E-state index in [4.69, 9.17) is 0 Å². The molecule has 1 saturated heterocycles. The Morgan fingerprint density at radius 1 is 1.27 bits per heavy atom. The molecule has 2 aliphatic heterocycles. The van der Waals surface area contributed by atoms with Crippen molar-refractivity contribution in [1.29, 1.82) is 0 Å². The van der Waals surface area contributed by atoms with Crippen LogP contribution in [0.15, 0.2) is 18.2 Å². The molecule has 0 saturated carbocycles. The highest BCUT2D eigenvalue weighted by Gasteiger charge is 2.29. The van der Waals surface area contributed by atoms with Gasteiger partial charge in [-0.15, -0.1) is 0 Å². The Hall–Kier alpha value is -2.70. The summed E-state index contributed by atoms with van der Waals surface area (Å²) >= 11 is 0. The first-order valence-corrected chi connectivity index (χ1v) is 9.12. The van der Waals surface area contributed by atoms with Gasteiger partial charge in [0, 0.05) is 43.7 Å². The van der Waals surface area contributed by atoms with Gasteiger partial charge in [0.2, 0.25) is 5.91 Å². The zero-order valence-corrected chi connectivity index (χ0v) is 15.2. The van der Waals surface area contributed by atoms with Gasteiger partial charge in [-0.1, -0.05) is 0 Å². The normalized spacial score (nSPS) is 19.5. The number of aromatic amines is 1. The topological polar surface area (TPSA) is 82.2 Å². The minimum absolute atomic E-state index is 0.0449. The lowest BCUT2D eigenvalue weighted by atomic mass is 9.96. The number of hydrogen-bond donors (Lipinski definition) is 1. The number of fused-ring (bicyclic) bond motifs is 1. The molecule has 0 spiro atoms. The van der Waals surface area contributed by atoms with Crippen molar-refractivity contribution < 1.29 is 9.59 Å². The number of hydrogen-bond acceptors (Lipinski definition) is 4. The largest absolute Gasteiger partial charge is 0.338 e. The molecule has 26 heavy (non-hydrogen) atoms. The summed E-state index contributed by atoms with van der Waals surface area (Å²) in [6.07, 6.45) is 2.75. The highest BCUT2D eigenvalue weighted by atomic mass is 16.2. The molecule has 1 unspecified atom stereocenters. The van der Waals surface area contributed by atoms with Crippen LogP contribution >= 0.6 is 0 Å². The third-order valence-electron chi connectivity index (χ3n) is 5.29. The van der Waals surface area contributed by atoms with Gasteiger partial charge in [0.1, 0.15) is 5.82 Å². The van der Waals surface area contributed by atoms with E-state index in [1.54, 1.807) is 11.8 Å². The number of carbonyl (C=O) groups excluding carboxylic acids is 2. The van der Waals surface area contributed by atoms with Gasteiger partial charge in [0.15, 0.2) is 5.82 Å². The fourth-order valence-electron chi connectivity index (χ4n) is 3.96. The fraction of sp³-hybridized carbons (Fsp3) is 0.474. The molecular formula is C19H23N5O2. The number of nitrogens with zero attached hydrogens (tertiary/aromatic N) is 4. The Kier molecular flexibility index (Phi) is 4.22. The van der Waals surface area contributed by atoms with Crippen molar-refractivity contribution in [2.75, 3.05) is 24.5 Å². The van der Waals surface area contributed by atoms with Gasteiger partial charge >= 0.3 is 0 Å². The number of carbonyl (C=O) groups is 2. The van der Waals surface area contributed by atoms with Gasteiger partial charge in [0.05, 0.1) is 0 Å². The maximum atomic E-state index is 13.0. The number of anilines is 1. The molecule has 3 heterocycles. The molecule has 1 aromatic heterocycles. The Morgan fingerprint density at radius 2 is 2.12 bits per heavy atom. The number of rotatable bonds is 2. The van der Waals surface area contributed by atoms with Crippen LogP contribution in [0.5, 0.6) is 0 Å². The van der Waals surface area contributed by atoms with Crippen molar-refractivity contribution >= 4 is 17.5 Å². The molecule has 2 amide bonds. The van der Waals surface area contributed by atoms with E-state index in [1.807, 2.05) is 30.0 Å². The zero-order valence-electron chi connectivity index (χ0n) is 15.2. The average Bonchev–Trinajstić information content (AvgIpc) is 3.27. The SMILES string of the molecule is CC(=O)N1CCc2cc(C(=O)N3CCCC(c4n[nH]c(C)n4)C3)ccc21. The maximum Gasteiger partial charge on any atom is 0.253 e. The zero-order chi connectivity index (χ0) is 18.3. The van der Waals surface area contributed by atoms with Gasteiger partial charge in [-0.25, -0.2) is 4.98 Å². The summed E-state index contributed by atoms with van der Waals surface area (Å²) in [6, 6.07) is 5.68. The van der Waals surface area contributed by atoms with Gasteiger partial charge in [-0.3, -0.25) is 14.7 Å². The molecule has 4 rings (SSSR count). The number of piperidine rings is 1. The lowest BCUT2D eigenvalue weighted by molar-refractivity contribution is -0.116. The van der Waals surface area contributed by atoms with Crippen LogP contribution in [-0.4, -0.2) is 51.5 Å². The Labute approximate surface area is 152 Å². The maximum absolute atomic E-state index is 13.0. The van der Waals surface area contributed by atoms with Crippen molar-refractivity contribution in [1.82, 2.24) is 20.1 Å². The van der Waals surface area contributed by atoms with Crippen LogP contribution in [0.3, 0.4) is 0 Å². The lowest BCUT2D eigenvalue weighted by Gasteiger charge is -2.31. The van der Waals surface area contributed by atoms with Crippen molar-refractivity contribution in [3.63, 3.8) is 0 Å². The van der Waals surface area contributed by atoms with Crippen LogP contribution in [-0.2, 0) is 11.2 Å². The number of benzene rings is 1. The van der Waals surface area contributed by atoms with Crippen molar-refractivity contribution in [2.45, 2.75) is 39.0 Å². The van der Waals surface area contributed by atoms with Crippen LogP contribution in [0.25, 0.3) is 0 Å². The van der Waals surface area contributed by atoms with Crippen molar-refractivity contribution in [3.8, 4) is 0 Å². The summed E-state index contributed by atoms with van der Waals surface area (Å²) in [4.78, 5) is 32.8. The highest BCUT2D eigenvalue weighted by molar-refractivity contribution is 5.98. The monoisotopic (exact) mass is 353 g/mol. The smallest absolute Gasteiger partial charge is 0.253 e. The van der Waals surface area contributed by atoms with Gasteiger partial charge in [0.25, 0.3) is 5.91 Å². The molecule has 7 nitrogen and oxygen atoms in total. The molecule has 1 aromatic carbocycles. The Balaban J connectivity index is 1.52. The quantitative estimate of drug-likeness (QED) is 0.896. The number of amides is 2. The van der Waals surface area contributed by atoms with Crippen LogP contribution in [0.2, 0.25) is 0 Å². The van der Waals surface area contributed by atoms with E-state index in [0.29, 0.717) is 18.7 Å². The fourth-order valence-corrected chi connectivity index (χ4v) is 3.96. The summed E-state index contributed by atoms with van der Waals surface area (Å²) in [5, 5.41) is 7.15. The minimum Gasteiger partial charge on any atom is -0.338 e. The summed E-state index contributed by atoms with van der Waals surface area (Å²) in [5.74, 6) is 1.87. The molecule has 7 heteroatoms. The van der Waals surface area contributed by atoms with E-state index in [0.717, 1.165) is 48.7 Å². The average molecular weight is 353 g/mol. The molecular weight excluding hydrogens is 330 g/mol. The number of aromatic nitrogens is 3. The van der Waals surface area contributed by atoms with Gasteiger partial charge in [-0.05, 0) is 49.9 Å². The predicted octanol–water partition coefficient (Wildman–Crippen LogP) is 2.04. The molecule has 0 aliphatic carbocycles. The molecule has 1 N–H and O–H groups in total. The van der Waals surface area contributed by atoms with E-state index in [-0.39, 0.29) is 17.7 Å². The number of nitrogens with one attached hydrogen (secondary N) is 1. The van der Waals surface area contributed by atoms with Crippen LogP contribution in [0.4, 0.5) is 5.69 Å². The number of likely N-dealkylation sites (tertiary alicyclic amines) is 1. The number of aryl methyl sites for hydroxylation is 1. The first-order chi connectivity index (χ1) is 12.5. The van der Waals surface area contributed by atoms with E-state index < -0.39 is 0 Å². The van der Waals surface area contributed by atoms with Gasteiger partial charge < -0.3 is 9.80 Å². The first-order valence-electron chi connectivity index (χ1n) is 9.12. The number of H-pyrrole nitrogens is 1. The second kappa shape index (κ2) is 6.55. The minimum atomic E-state index is 0.0449. The lowest BCUT2D eigenvalue weighted by Crippen LogP contribution is -2.39. The van der Waals surface area contributed by atoms with Crippen molar-refractivity contribution in [2.24, 2.45) is 0 Å². The van der Waals surface area contributed by atoms with E-state index in [2.05, 4.69) is 15.2 Å². The van der Waals surface area contributed by atoms with E-state index in [1.165, 1.54) is 0 Å². The molecule has 2 aromatic rings. The van der Waals surface area contributed by atoms with Gasteiger partial charge in [-0.2, -0.15) is 5.10 Å². The van der Waals surface area contributed by atoms with Crippen LogP contribution in [0, 0.1) is 6.92 Å². The second-order valence-corrected chi connectivity index (χ2v) is 7.13. The second-order valence-electron chi connectivity index (χ2n) is 7.13. The Bertz CT molecular complexity index is 859. The summed E-state index contributed by atoms with van der Waals surface area (Å²) in [6.45, 7) is 5.56. The molecule has 0 radical (unpaired) electrons. The van der Waals surface area contributed by atoms with Crippen molar-refractivity contribution in [3.05, 3.63) is 41.0 Å². The van der Waals surface area contributed by atoms with Crippen LogP contribution < -0.4 is 4.90 Å². The first kappa shape index (κ1) is 16.8. The van der Waals surface area contributed by atoms with Crippen LogP contribution in [0.1, 0.15) is 53.3 Å². The standard InChI is InChI=1S/C19H23N5O2/c1-12-20-18(22-21-12)16-4-3-8-23(11-16)19(26)15-5-6-17-14(10-15)7-9-24(17)13(2)25/h5-6,10,16H,3-4,7-9,11H2,1-2H3,(H,20,21,22). The third kappa shape index (κ3) is 2.98. The molecule has 2 aliphatic rings. The van der Waals surface area contributed by atoms with E-state index in [9.17, 15) is 9.59 Å². The summed E-state index contributed by atoms with van der Waals surface area (Å²) in [5.41, 5.74) is 2.70. The summed E-state index contributed by atoms with van der Waals surface area (Å²) < 4.78 is 0. The third-order valence-corrected chi connectivity index (χ3v) is 5.29. The highest BCUT2D eigenvalue weighted by Crippen LogP contribution is 2.30. The van der Waals surface area contributed by atoms with E-state index >= 15 is 0 Å². The Morgan fingerprint density at radius 3 is 2.85 bits per heavy atom. The summed E-state index contributed by atoms with van der Waals surface area (Å²) in [7, 11) is 0. The molecule has 136 valence electrons. The molecule has 0 bridgehead atoms. The molecule has 1 atom stereocenters.